The molecule has 10 heteroatoms. The van der Waals surface area contributed by atoms with Crippen LogP contribution in [0.25, 0.3) is 0 Å². The molecule has 3 saturated heterocycles. The van der Waals surface area contributed by atoms with Crippen molar-refractivity contribution in [2.45, 2.75) is 44.7 Å². The molecular weight excluding hydrogens is 436 g/mol. The minimum Gasteiger partial charge on any atom is -0.339 e. The van der Waals surface area contributed by atoms with Crippen LogP contribution < -0.4 is 5.32 Å². The van der Waals surface area contributed by atoms with E-state index in [1.807, 2.05) is 22.8 Å². The van der Waals surface area contributed by atoms with Crippen LogP contribution >= 0.6 is 0 Å². The average molecular weight is 463 g/mol. The van der Waals surface area contributed by atoms with Crippen molar-refractivity contribution in [1.82, 2.24) is 15.1 Å². The first-order chi connectivity index (χ1) is 15.0. The Labute approximate surface area is 182 Å². The van der Waals surface area contributed by atoms with E-state index >= 15 is 0 Å². The van der Waals surface area contributed by atoms with Gasteiger partial charge in [0.25, 0.3) is 5.91 Å². The SMILES string of the molecule is Cc1c(CN2CC3CNC(C(C(F)(F)F)C(F)(F)F)C3C2)cccc1C(=O)N1CCCC1. The molecule has 3 heterocycles. The van der Waals surface area contributed by atoms with Crippen LogP contribution in [0.5, 0.6) is 0 Å². The second-order valence-corrected chi connectivity index (χ2v) is 9.20. The number of nitrogens with zero attached hydrogens (tertiary/aromatic N) is 2. The molecule has 3 atom stereocenters. The van der Waals surface area contributed by atoms with Crippen LogP contribution in [0.3, 0.4) is 0 Å². The van der Waals surface area contributed by atoms with Crippen molar-refractivity contribution in [3.05, 3.63) is 34.9 Å². The molecule has 3 fully saturated rings. The highest BCUT2D eigenvalue weighted by Crippen LogP contribution is 2.47. The third kappa shape index (κ3) is 4.48. The molecule has 4 nitrogen and oxygen atoms in total. The highest BCUT2D eigenvalue weighted by atomic mass is 19.4. The number of likely N-dealkylation sites (tertiary alicyclic amines) is 2. The maximum absolute atomic E-state index is 13.3. The van der Waals surface area contributed by atoms with E-state index in [0.29, 0.717) is 18.7 Å². The molecule has 1 aromatic rings. The molecule has 3 unspecified atom stereocenters. The first kappa shape index (κ1) is 23.4. The fraction of sp³-hybridized carbons (Fsp3) is 0.682. The molecule has 1 aromatic carbocycles. The van der Waals surface area contributed by atoms with Crippen LogP contribution in [0, 0.1) is 24.7 Å². The van der Waals surface area contributed by atoms with Crippen LogP contribution in [-0.2, 0) is 6.54 Å². The summed E-state index contributed by atoms with van der Waals surface area (Å²) in [6.07, 6.45) is -8.74. The molecular formula is C22H27F6N3O. The van der Waals surface area contributed by atoms with Gasteiger partial charge in [-0.05, 0) is 55.3 Å². The minimum absolute atomic E-state index is 0.0254. The molecule has 1 N–H and O–H groups in total. The molecule has 3 aliphatic rings. The smallest absolute Gasteiger partial charge is 0.339 e. The molecule has 1 amide bonds. The zero-order valence-electron chi connectivity index (χ0n) is 17.8. The lowest BCUT2D eigenvalue weighted by atomic mass is 9.85. The summed E-state index contributed by atoms with van der Waals surface area (Å²) >= 11 is 0. The van der Waals surface area contributed by atoms with Crippen molar-refractivity contribution >= 4 is 5.91 Å². The van der Waals surface area contributed by atoms with Gasteiger partial charge in [-0.2, -0.15) is 26.3 Å². The molecule has 0 spiro atoms. The number of benzene rings is 1. The third-order valence-electron chi connectivity index (χ3n) is 7.17. The van der Waals surface area contributed by atoms with E-state index in [2.05, 4.69) is 5.32 Å². The van der Waals surface area contributed by atoms with E-state index in [-0.39, 0.29) is 24.9 Å². The topological polar surface area (TPSA) is 35.6 Å². The van der Waals surface area contributed by atoms with Gasteiger partial charge < -0.3 is 10.2 Å². The lowest BCUT2D eigenvalue weighted by Crippen LogP contribution is -2.52. The highest BCUT2D eigenvalue weighted by Gasteiger charge is 2.64. The number of rotatable bonds is 4. The summed E-state index contributed by atoms with van der Waals surface area (Å²) in [5, 5.41) is 2.51. The molecule has 0 bridgehead atoms. The quantitative estimate of drug-likeness (QED) is 0.686. The molecule has 4 rings (SSSR count). The standard InChI is InChI=1S/C22H27F6N3O/c1-13-14(5-4-6-16(13)20(32)31-7-2-3-8-31)10-30-11-15-9-29-18(17(15)12-30)19(21(23,24)25)22(26,27)28/h4-6,15,17-19,29H,2-3,7-12H2,1H3. The van der Waals surface area contributed by atoms with Crippen molar-refractivity contribution in [2.24, 2.45) is 17.8 Å². The van der Waals surface area contributed by atoms with E-state index in [4.69, 9.17) is 0 Å². The summed E-state index contributed by atoms with van der Waals surface area (Å²) in [6, 6.07) is 3.76. The summed E-state index contributed by atoms with van der Waals surface area (Å²) in [4.78, 5) is 16.5. The highest BCUT2D eigenvalue weighted by molar-refractivity contribution is 5.96. The second-order valence-electron chi connectivity index (χ2n) is 9.20. The van der Waals surface area contributed by atoms with Gasteiger partial charge in [-0.1, -0.05) is 12.1 Å². The Morgan fingerprint density at radius 1 is 1.09 bits per heavy atom. The van der Waals surface area contributed by atoms with Gasteiger partial charge in [0.05, 0.1) is 0 Å². The largest absolute Gasteiger partial charge is 0.402 e. The van der Waals surface area contributed by atoms with Gasteiger partial charge in [-0.15, -0.1) is 0 Å². The Kier molecular flexibility index (Phi) is 6.21. The van der Waals surface area contributed by atoms with E-state index < -0.39 is 30.2 Å². The molecule has 178 valence electrons. The molecule has 0 aliphatic carbocycles. The predicted octanol–water partition coefficient (Wildman–Crippen LogP) is 3.99. The van der Waals surface area contributed by atoms with Gasteiger partial charge in [0.15, 0.2) is 5.92 Å². The van der Waals surface area contributed by atoms with Crippen LogP contribution in [-0.4, -0.2) is 66.8 Å². The maximum atomic E-state index is 13.3. The summed E-state index contributed by atoms with van der Waals surface area (Å²) in [7, 11) is 0. The number of halogens is 6. The van der Waals surface area contributed by atoms with Crippen LogP contribution in [0.1, 0.15) is 34.3 Å². The normalized spacial score (nSPS) is 26.9. The lowest BCUT2D eigenvalue weighted by Gasteiger charge is -2.32. The molecule has 32 heavy (non-hydrogen) atoms. The van der Waals surface area contributed by atoms with Crippen molar-refractivity contribution in [2.75, 3.05) is 32.7 Å². The number of hydrogen-bond donors (Lipinski definition) is 1. The van der Waals surface area contributed by atoms with Crippen molar-refractivity contribution in [3.8, 4) is 0 Å². The first-order valence-electron chi connectivity index (χ1n) is 10.9. The monoisotopic (exact) mass is 463 g/mol. The Balaban J connectivity index is 1.48. The predicted molar refractivity (Wildman–Crippen MR) is 106 cm³/mol. The van der Waals surface area contributed by atoms with Gasteiger partial charge >= 0.3 is 12.4 Å². The Bertz CT molecular complexity index is 835. The van der Waals surface area contributed by atoms with Crippen molar-refractivity contribution in [1.29, 1.82) is 0 Å². The molecule has 0 radical (unpaired) electrons. The third-order valence-corrected chi connectivity index (χ3v) is 7.17. The van der Waals surface area contributed by atoms with Gasteiger partial charge in [0.2, 0.25) is 0 Å². The average Bonchev–Trinajstić information content (AvgIpc) is 3.40. The minimum atomic E-state index is -5.35. The fourth-order valence-corrected chi connectivity index (χ4v) is 5.56. The maximum Gasteiger partial charge on any atom is 0.402 e. The lowest BCUT2D eigenvalue weighted by molar-refractivity contribution is -0.293. The van der Waals surface area contributed by atoms with Crippen LogP contribution in [0.15, 0.2) is 18.2 Å². The Morgan fingerprint density at radius 2 is 1.75 bits per heavy atom. The van der Waals surface area contributed by atoms with E-state index in [9.17, 15) is 31.1 Å². The number of alkyl halides is 6. The van der Waals surface area contributed by atoms with Gasteiger partial charge in [-0.25, -0.2) is 0 Å². The Morgan fingerprint density at radius 3 is 2.38 bits per heavy atom. The van der Waals surface area contributed by atoms with Crippen molar-refractivity contribution in [3.63, 3.8) is 0 Å². The number of hydrogen-bond acceptors (Lipinski definition) is 3. The number of nitrogens with one attached hydrogen (secondary N) is 1. The van der Waals surface area contributed by atoms with E-state index in [1.54, 1.807) is 12.1 Å². The number of amides is 1. The second kappa shape index (κ2) is 8.52. The molecule has 3 aliphatic heterocycles. The number of fused-ring (bicyclic) bond motifs is 1. The summed E-state index contributed by atoms with van der Waals surface area (Å²) in [5.41, 5.74) is 2.31. The Hall–Kier alpha value is -1.81. The van der Waals surface area contributed by atoms with E-state index in [0.717, 1.165) is 37.1 Å². The zero-order chi connectivity index (χ0) is 23.3. The van der Waals surface area contributed by atoms with Crippen LogP contribution in [0.4, 0.5) is 26.3 Å². The zero-order valence-corrected chi connectivity index (χ0v) is 17.8. The summed E-state index contributed by atoms with van der Waals surface area (Å²) in [5.74, 6) is -4.38. The van der Waals surface area contributed by atoms with Gasteiger partial charge in [-0.3, -0.25) is 9.69 Å². The van der Waals surface area contributed by atoms with Crippen molar-refractivity contribution < 1.29 is 31.1 Å². The molecule has 0 aromatic heterocycles. The number of carbonyl (C=O) groups excluding carboxylic acids is 1. The van der Waals surface area contributed by atoms with E-state index in [1.165, 1.54) is 0 Å². The van der Waals surface area contributed by atoms with Gasteiger partial charge in [0.1, 0.15) is 0 Å². The summed E-state index contributed by atoms with van der Waals surface area (Å²) in [6.45, 7) is 4.44. The number of carbonyl (C=O) groups is 1. The molecule has 0 saturated carbocycles. The van der Waals surface area contributed by atoms with Crippen LogP contribution in [0.2, 0.25) is 0 Å². The fourth-order valence-electron chi connectivity index (χ4n) is 5.56. The van der Waals surface area contributed by atoms with Gasteiger partial charge in [0, 0.05) is 44.3 Å². The first-order valence-corrected chi connectivity index (χ1v) is 10.9. The summed E-state index contributed by atoms with van der Waals surface area (Å²) < 4.78 is 79.6.